The Morgan fingerprint density at radius 1 is 1.06 bits per heavy atom. The Labute approximate surface area is 199 Å². The van der Waals surface area contributed by atoms with Gasteiger partial charge in [0.1, 0.15) is 12.3 Å². The van der Waals surface area contributed by atoms with Crippen molar-refractivity contribution in [1.82, 2.24) is 24.6 Å². The van der Waals surface area contributed by atoms with E-state index in [0.29, 0.717) is 41.9 Å². The SMILES string of the molecule is Cc1cc(NC(=O)Cn2c(=O)n(CCCCC(=O)NCc3ccco3)c(=O)c3ccccc32)n[nH]1. The molecule has 3 N–H and O–H groups in total. The van der Waals surface area contributed by atoms with E-state index in [-0.39, 0.29) is 25.4 Å². The molecule has 0 aliphatic carbocycles. The number of hydrogen-bond acceptors (Lipinski definition) is 6. The summed E-state index contributed by atoms with van der Waals surface area (Å²) < 4.78 is 7.58. The number of nitrogens with one attached hydrogen (secondary N) is 3. The topological polar surface area (TPSA) is 144 Å². The molecule has 3 heterocycles. The quantitative estimate of drug-likeness (QED) is 0.297. The summed E-state index contributed by atoms with van der Waals surface area (Å²) in [7, 11) is 0. The number of aromatic nitrogens is 4. The fourth-order valence-electron chi connectivity index (χ4n) is 3.77. The summed E-state index contributed by atoms with van der Waals surface area (Å²) in [6.45, 7) is 1.97. The van der Waals surface area contributed by atoms with Crippen molar-refractivity contribution in [1.29, 1.82) is 0 Å². The van der Waals surface area contributed by atoms with Gasteiger partial charge in [0.05, 0.1) is 23.7 Å². The second kappa shape index (κ2) is 10.7. The largest absolute Gasteiger partial charge is 0.467 e. The average Bonchev–Trinajstić information content (AvgIpc) is 3.51. The van der Waals surface area contributed by atoms with Crippen LogP contribution in [0.15, 0.2) is 62.7 Å². The van der Waals surface area contributed by atoms with Gasteiger partial charge in [-0.05, 0) is 44.0 Å². The Kier molecular flexibility index (Phi) is 7.24. The zero-order valence-corrected chi connectivity index (χ0v) is 19.2. The van der Waals surface area contributed by atoms with Crippen molar-refractivity contribution in [3.8, 4) is 0 Å². The minimum atomic E-state index is -0.579. The van der Waals surface area contributed by atoms with Crippen molar-refractivity contribution in [3.63, 3.8) is 0 Å². The highest BCUT2D eigenvalue weighted by Crippen LogP contribution is 2.09. The van der Waals surface area contributed by atoms with Crippen LogP contribution < -0.4 is 21.9 Å². The molecule has 0 unspecified atom stereocenters. The third kappa shape index (κ3) is 5.75. The molecule has 0 atom stereocenters. The van der Waals surface area contributed by atoms with E-state index in [1.807, 2.05) is 0 Å². The lowest BCUT2D eigenvalue weighted by Crippen LogP contribution is -2.41. The fraction of sp³-hybridized carbons (Fsp3) is 0.292. The van der Waals surface area contributed by atoms with Crippen molar-refractivity contribution < 1.29 is 14.0 Å². The van der Waals surface area contributed by atoms with Crippen LogP contribution in [0.4, 0.5) is 5.82 Å². The summed E-state index contributed by atoms with van der Waals surface area (Å²) in [5.74, 6) is 0.425. The molecule has 0 radical (unpaired) electrons. The summed E-state index contributed by atoms with van der Waals surface area (Å²) >= 11 is 0. The van der Waals surface area contributed by atoms with Gasteiger partial charge in [-0.25, -0.2) is 4.79 Å². The van der Waals surface area contributed by atoms with Crippen molar-refractivity contribution >= 4 is 28.5 Å². The van der Waals surface area contributed by atoms with Gasteiger partial charge in [0, 0.05) is 24.7 Å². The molecule has 0 fully saturated rings. The number of anilines is 1. The lowest BCUT2D eigenvalue weighted by atomic mass is 10.2. The molecule has 0 spiro atoms. The first-order valence-corrected chi connectivity index (χ1v) is 11.3. The van der Waals surface area contributed by atoms with E-state index in [1.165, 1.54) is 10.8 Å². The predicted molar refractivity (Wildman–Crippen MR) is 129 cm³/mol. The molecule has 3 aromatic heterocycles. The second-order valence-electron chi connectivity index (χ2n) is 8.14. The molecule has 11 heteroatoms. The van der Waals surface area contributed by atoms with E-state index in [1.54, 1.807) is 49.4 Å². The maximum absolute atomic E-state index is 13.2. The Balaban J connectivity index is 1.44. The summed E-state index contributed by atoms with van der Waals surface area (Å²) in [5.41, 5.74) is 0.160. The summed E-state index contributed by atoms with van der Waals surface area (Å²) in [6, 6.07) is 11.9. The lowest BCUT2D eigenvalue weighted by molar-refractivity contribution is -0.121. The molecule has 4 aromatic rings. The van der Waals surface area contributed by atoms with Crippen LogP contribution in [0.1, 0.15) is 30.7 Å². The molecule has 0 bridgehead atoms. The van der Waals surface area contributed by atoms with Crippen LogP contribution >= 0.6 is 0 Å². The van der Waals surface area contributed by atoms with Crippen LogP contribution in [0.25, 0.3) is 10.9 Å². The molecule has 4 rings (SSSR count). The Morgan fingerprint density at radius 2 is 1.89 bits per heavy atom. The molecular formula is C24H26N6O5. The van der Waals surface area contributed by atoms with Crippen molar-refractivity contribution in [2.45, 2.75) is 45.8 Å². The highest BCUT2D eigenvalue weighted by Gasteiger charge is 2.16. The zero-order chi connectivity index (χ0) is 24.8. The number of unbranched alkanes of at least 4 members (excludes halogenated alkanes) is 1. The molecule has 0 saturated carbocycles. The Hall–Kier alpha value is -4.41. The van der Waals surface area contributed by atoms with Crippen LogP contribution in [0, 0.1) is 6.92 Å². The maximum atomic E-state index is 13.2. The molecular weight excluding hydrogens is 452 g/mol. The van der Waals surface area contributed by atoms with Crippen molar-refractivity contribution in [2.75, 3.05) is 5.32 Å². The van der Waals surface area contributed by atoms with E-state index < -0.39 is 17.2 Å². The predicted octanol–water partition coefficient (Wildman–Crippen LogP) is 1.91. The number of nitrogens with zero attached hydrogens (tertiary/aromatic N) is 3. The lowest BCUT2D eigenvalue weighted by Gasteiger charge is -2.14. The standard InChI is InChI=1S/C24H26N6O5/c1-16-13-20(28-27-16)26-22(32)15-30-19-9-3-2-8-18(19)23(33)29(24(30)34)11-5-4-10-21(31)25-14-17-7-6-12-35-17/h2-3,6-9,12-13H,4-5,10-11,14-15H2,1H3,(H,25,31)(H2,26,27,28,32). The van der Waals surface area contributed by atoms with Crippen LogP contribution in [-0.2, 0) is 29.2 Å². The number of amides is 2. The van der Waals surface area contributed by atoms with Gasteiger partial charge in [0.15, 0.2) is 5.82 Å². The first-order chi connectivity index (χ1) is 16.9. The van der Waals surface area contributed by atoms with E-state index >= 15 is 0 Å². The molecule has 182 valence electrons. The number of aromatic amines is 1. The second-order valence-corrected chi connectivity index (χ2v) is 8.14. The number of rotatable bonds is 10. The number of aryl methyl sites for hydroxylation is 1. The zero-order valence-electron chi connectivity index (χ0n) is 19.2. The smallest absolute Gasteiger partial charge is 0.331 e. The van der Waals surface area contributed by atoms with Gasteiger partial charge in [-0.15, -0.1) is 0 Å². The Bertz CT molecular complexity index is 1450. The van der Waals surface area contributed by atoms with Gasteiger partial charge >= 0.3 is 5.69 Å². The molecule has 0 saturated heterocycles. The maximum Gasteiger partial charge on any atom is 0.331 e. The minimum absolute atomic E-state index is 0.133. The highest BCUT2D eigenvalue weighted by molar-refractivity contribution is 5.90. The van der Waals surface area contributed by atoms with E-state index in [9.17, 15) is 19.2 Å². The van der Waals surface area contributed by atoms with Gasteiger partial charge in [0.2, 0.25) is 11.8 Å². The van der Waals surface area contributed by atoms with Crippen LogP contribution in [0.3, 0.4) is 0 Å². The summed E-state index contributed by atoms with van der Waals surface area (Å²) in [5, 5.41) is 12.5. The molecule has 0 aliphatic rings. The molecule has 11 nitrogen and oxygen atoms in total. The third-order valence-corrected chi connectivity index (χ3v) is 5.48. The summed E-state index contributed by atoms with van der Waals surface area (Å²) in [4.78, 5) is 50.8. The van der Waals surface area contributed by atoms with Crippen LogP contribution in [-0.4, -0.2) is 31.1 Å². The fourth-order valence-corrected chi connectivity index (χ4v) is 3.77. The Morgan fingerprint density at radius 3 is 2.63 bits per heavy atom. The number of H-pyrrole nitrogens is 1. The minimum Gasteiger partial charge on any atom is -0.467 e. The first kappa shape index (κ1) is 23.7. The monoisotopic (exact) mass is 478 g/mol. The van der Waals surface area contributed by atoms with Gasteiger partial charge in [-0.3, -0.25) is 28.6 Å². The van der Waals surface area contributed by atoms with E-state index in [0.717, 1.165) is 10.3 Å². The number of furan rings is 1. The first-order valence-electron chi connectivity index (χ1n) is 11.3. The van der Waals surface area contributed by atoms with Crippen molar-refractivity contribution in [2.24, 2.45) is 0 Å². The summed E-state index contributed by atoms with van der Waals surface area (Å²) in [6.07, 6.45) is 2.72. The van der Waals surface area contributed by atoms with Crippen molar-refractivity contribution in [3.05, 3.63) is 81.0 Å². The molecule has 35 heavy (non-hydrogen) atoms. The van der Waals surface area contributed by atoms with E-state index in [2.05, 4.69) is 20.8 Å². The van der Waals surface area contributed by atoms with Gasteiger partial charge in [-0.1, -0.05) is 12.1 Å². The van der Waals surface area contributed by atoms with E-state index in [4.69, 9.17) is 4.42 Å². The number of hydrogen-bond donors (Lipinski definition) is 3. The number of para-hydroxylation sites is 1. The molecule has 1 aromatic carbocycles. The normalized spacial score (nSPS) is 11.0. The number of benzene rings is 1. The average molecular weight is 479 g/mol. The number of carbonyl (C=O) groups is 2. The molecule has 0 aliphatic heterocycles. The van der Waals surface area contributed by atoms with Gasteiger partial charge in [0.25, 0.3) is 5.56 Å². The highest BCUT2D eigenvalue weighted by atomic mass is 16.3. The van der Waals surface area contributed by atoms with Crippen LogP contribution in [0.5, 0.6) is 0 Å². The van der Waals surface area contributed by atoms with Gasteiger partial charge < -0.3 is 15.1 Å². The van der Waals surface area contributed by atoms with Gasteiger partial charge in [-0.2, -0.15) is 5.10 Å². The number of fused-ring (bicyclic) bond motifs is 1. The van der Waals surface area contributed by atoms with Crippen LogP contribution in [0.2, 0.25) is 0 Å². The molecule has 2 amide bonds. The third-order valence-electron chi connectivity index (χ3n) is 5.48. The number of carbonyl (C=O) groups excluding carboxylic acids is 2.